The van der Waals surface area contributed by atoms with Crippen LogP contribution in [-0.2, 0) is 4.79 Å². The van der Waals surface area contributed by atoms with Crippen molar-refractivity contribution in [2.24, 2.45) is 5.10 Å². The number of halogens is 1. The standard InChI is InChI=1S/C26H22FN5O2/c1-18-6-5-7-20(14-18)26(34)28-16-24(33)30-29-15-21-17-32(23-8-3-2-4-9-23)31-25(21)19-10-12-22(27)13-11-19/h2-15,17H,16H2,1H3,(H,28,34)(H,30,33)/b29-15-. The van der Waals surface area contributed by atoms with E-state index in [0.29, 0.717) is 22.4 Å². The zero-order valence-corrected chi connectivity index (χ0v) is 18.4. The van der Waals surface area contributed by atoms with Crippen LogP contribution in [0.15, 0.2) is 90.2 Å². The molecular formula is C26H22FN5O2. The molecule has 0 aliphatic rings. The van der Waals surface area contributed by atoms with Gasteiger partial charge >= 0.3 is 0 Å². The van der Waals surface area contributed by atoms with Crippen LogP contribution >= 0.6 is 0 Å². The summed E-state index contributed by atoms with van der Waals surface area (Å²) in [6.45, 7) is 1.66. The van der Waals surface area contributed by atoms with Crippen molar-refractivity contribution >= 4 is 18.0 Å². The van der Waals surface area contributed by atoms with Crippen molar-refractivity contribution in [3.05, 3.63) is 108 Å². The van der Waals surface area contributed by atoms with Gasteiger partial charge in [0, 0.05) is 22.9 Å². The second-order valence-corrected chi connectivity index (χ2v) is 7.57. The van der Waals surface area contributed by atoms with Crippen molar-refractivity contribution in [1.29, 1.82) is 0 Å². The summed E-state index contributed by atoms with van der Waals surface area (Å²) < 4.78 is 15.1. The molecule has 7 nitrogen and oxygen atoms in total. The molecule has 4 aromatic rings. The van der Waals surface area contributed by atoms with Gasteiger partial charge in [-0.05, 0) is 55.5 Å². The Hall–Kier alpha value is -4.59. The molecule has 0 unspecified atom stereocenters. The molecule has 0 aliphatic carbocycles. The Kier molecular flexibility index (Phi) is 6.88. The van der Waals surface area contributed by atoms with Crippen LogP contribution in [0.3, 0.4) is 0 Å². The number of para-hydroxylation sites is 1. The van der Waals surface area contributed by atoms with Crippen molar-refractivity contribution in [1.82, 2.24) is 20.5 Å². The molecule has 2 amide bonds. The second kappa shape index (κ2) is 10.4. The third kappa shape index (κ3) is 5.60. The lowest BCUT2D eigenvalue weighted by Crippen LogP contribution is -2.34. The lowest BCUT2D eigenvalue weighted by atomic mass is 10.1. The maximum absolute atomic E-state index is 13.4. The van der Waals surface area contributed by atoms with Crippen LogP contribution in [0, 0.1) is 12.7 Å². The number of aryl methyl sites for hydroxylation is 1. The quantitative estimate of drug-likeness (QED) is 0.328. The predicted molar refractivity (Wildman–Crippen MR) is 128 cm³/mol. The van der Waals surface area contributed by atoms with Crippen molar-refractivity contribution in [3.8, 4) is 16.9 Å². The number of carbonyl (C=O) groups is 2. The van der Waals surface area contributed by atoms with Gasteiger partial charge in [-0.2, -0.15) is 10.2 Å². The molecule has 34 heavy (non-hydrogen) atoms. The number of amides is 2. The van der Waals surface area contributed by atoms with Gasteiger partial charge in [-0.15, -0.1) is 0 Å². The molecule has 170 valence electrons. The first kappa shape index (κ1) is 22.6. The Morgan fingerprint density at radius 2 is 1.79 bits per heavy atom. The summed E-state index contributed by atoms with van der Waals surface area (Å²) >= 11 is 0. The first-order valence-corrected chi connectivity index (χ1v) is 10.6. The van der Waals surface area contributed by atoms with Gasteiger partial charge in [0.05, 0.1) is 18.4 Å². The molecule has 8 heteroatoms. The first-order valence-electron chi connectivity index (χ1n) is 10.6. The third-order valence-electron chi connectivity index (χ3n) is 4.96. The van der Waals surface area contributed by atoms with Gasteiger partial charge in [0.25, 0.3) is 11.8 Å². The number of hydrogen-bond donors (Lipinski definition) is 2. The Labute approximate surface area is 195 Å². The highest BCUT2D eigenvalue weighted by Crippen LogP contribution is 2.23. The molecule has 0 spiro atoms. The number of nitrogens with one attached hydrogen (secondary N) is 2. The summed E-state index contributed by atoms with van der Waals surface area (Å²) in [4.78, 5) is 24.3. The summed E-state index contributed by atoms with van der Waals surface area (Å²) in [5.41, 5.74) is 6.59. The van der Waals surface area contributed by atoms with Crippen molar-refractivity contribution < 1.29 is 14.0 Å². The lowest BCUT2D eigenvalue weighted by Gasteiger charge is -2.05. The molecule has 0 saturated carbocycles. The molecule has 3 aromatic carbocycles. The lowest BCUT2D eigenvalue weighted by molar-refractivity contribution is -0.120. The van der Waals surface area contributed by atoms with Crippen molar-refractivity contribution in [2.45, 2.75) is 6.92 Å². The van der Waals surface area contributed by atoms with Crippen LogP contribution in [0.25, 0.3) is 16.9 Å². The summed E-state index contributed by atoms with van der Waals surface area (Å²) in [7, 11) is 0. The van der Waals surface area contributed by atoms with Crippen LogP contribution in [0.4, 0.5) is 4.39 Å². The largest absolute Gasteiger partial charge is 0.343 e. The highest BCUT2D eigenvalue weighted by atomic mass is 19.1. The number of aromatic nitrogens is 2. The Balaban J connectivity index is 1.46. The van der Waals surface area contributed by atoms with Gasteiger partial charge in [-0.25, -0.2) is 14.5 Å². The number of nitrogens with zero attached hydrogens (tertiary/aromatic N) is 3. The Morgan fingerprint density at radius 1 is 1.03 bits per heavy atom. The number of rotatable bonds is 7. The van der Waals surface area contributed by atoms with Gasteiger partial charge in [0.15, 0.2) is 0 Å². The van der Waals surface area contributed by atoms with Crippen LogP contribution in [0.1, 0.15) is 21.5 Å². The SMILES string of the molecule is Cc1cccc(C(=O)NCC(=O)N/N=C\c2cn(-c3ccccc3)nc2-c2ccc(F)cc2)c1. The van der Waals surface area contributed by atoms with Crippen molar-refractivity contribution in [3.63, 3.8) is 0 Å². The van der Waals surface area contributed by atoms with Gasteiger partial charge < -0.3 is 5.32 Å². The molecule has 0 atom stereocenters. The van der Waals surface area contributed by atoms with Crippen molar-refractivity contribution in [2.75, 3.05) is 6.54 Å². The minimum Gasteiger partial charge on any atom is -0.343 e. The number of carbonyl (C=O) groups excluding carboxylic acids is 2. The zero-order chi connectivity index (χ0) is 23.9. The molecule has 0 aliphatic heterocycles. The first-order chi connectivity index (χ1) is 16.5. The molecule has 0 radical (unpaired) electrons. The fourth-order valence-corrected chi connectivity index (χ4v) is 3.29. The van der Waals surface area contributed by atoms with Crippen LogP contribution in [0.5, 0.6) is 0 Å². The van der Waals surface area contributed by atoms with E-state index < -0.39 is 5.91 Å². The second-order valence-electron chi connectivity index (χ2n) is 7.57. The van der Waals surface area contributed by atoms with E-state index in [9.17, 15) is 14.0 Å². The number of benzene rings is 3. The summed E-state index contributed by atoms with van der Waals surface area (Å²) in [5.74, 6) is -1.16. The highest BCUT2D eigenvalue weighted by Gasteiger charge is 2.12. The average molecular weight is 455 g/mol. The summed E-state index contributed by atoms with van der Waals surface area (Å²) in [6.07, 6.45) is 3.23. The molecule has 2 N–H and O–H groups in total. The Bertz CT molecular complexity index is 1330. The monoisotopic (exact) mass is 455 g/mol. The fraction of sp³-hybridized carbons (Fsp3) is 0.0769. The Morgan fingerprint density at radius 3 is 2.53 bits per heavy atom. The highest BCUT2D eigenvalue weighted by molar-refractivity contribution is 5.96. The van der Waals surface area contributed by atoms with E-state index in [-0.39, 0.29) is 18.3 Å². The maximum Gasteiger partial charge on any atom is 0.259 e. The van der Waals surface area contributed by atoms with Gasteiger partial charge in [-0.1, -0.05) is 35.9 Å². The fourth-order valence-electron chi connectivity index (χ4n) is 3.29. The van der Waals surface area contributed by atoms with E-state index in [2.05, 4.69) is 20.9 Å². The molecule has 4 rings (SSSR count). The maximum atomic E-state index is 13.4. The van der Waals surface area contributed by atoms with Crippen LogP contribution in [-0.4, -0.2) is 34.4 Å². The third-order valence-corrected chi connectivity index (χ3v) is 4.96. The van der Waals surface area contributed by atoms with E-state index in [4.69, 9.17) is 0 Å². The molecule has 0 bridgehead atoms. The zero-order valence-electron chi connectivity index (χ0n) is 18.4. The van der Waals surface area contributed by atoms with Gasteiger partial charge in [-0.3, -0.25) is 9.59 Å². The molecular weight excluding hydrogens is 433 g/mol. The van der Waals surface area contributed by atoms with Crippen LogP contribution in [0.2, 0.25) is 0 Å². The topological polar surface area (TPSA) is 88.4 Å². The minimum absolute atomic E-state index is 0.224. The predicted octanol–water partition coefficient (Wildman–Crippen LogP) is 3.87. The van der Waals surface area contributed by atoms with E-state index in [1.165, 1.54) is 18.3 Å². The summed E-state index contributed by atoms with van der Waals surface area (Å²) in [6, 6.07) is 22.6. The van der Waals surface area contributed by atoms with E-state index >= 15 is 0 Å². The van der Waals surface area contributed by atoms with Gasteiger partial charge in [0.1, 0.15) is 11.5 Å². The minimum atomic E-state index is -0.476. The van der Waals surface area contributed by atoms with E-state index in [1.807, 2.05) is 43.3 Å². The summed E-state index contributed by atoms with van der Waals surface area (Å²) in [5, 5.41) is 11.2. The van der Waals surface area contributed by atoms with E-state index in [0.717, 1.165) is 11.3 Å². The molecule has 1 aromatic heterocycles. The average Bonchev–Trinajstić information content (AvgIpc) is 3.27. The molecule has 0 saturated heterocycles. The molecule has 1 heterocycles. The number of hydrogen-bond acceptors (Lipinski definition) is 4. The van der Waals surface area contributed by atoms with Crippen LogP contribution < -0.4 is 10.7 Å². The molecule has 0 fully saturated rings. The van der Waals surface area contributed by atoms with E-state index in [1.54, 1.807) is 41.2 Å². The smallest absolute Gasteiger partial charge is 0.259 e. The normalized spacial score (nSPS) is 10.9. The number of hydrazone groups is 1. The van der Waals surface area contributed by atoms with Gasteiger partial charge in [0.2, 0.25) is 0 Å².